The van der Waals surface area contributed by atoms with Crippen molar-refractivity contribution in [3.8, 4) is 0 Å². The van der Waals surface area contributed by atoms with Gasteiger partial charge in [-0.3, -0.25) is 9.20 Å². The fourth-order valence-corrected chi connectivity index (χ4v) is 5.08. The Kier molecular flexibility index (Phi) is 8.82. The van der Waals surface area contributed by atoms with Crippen LogP contribution in [0.1, 0.15) is 26.3 Å². The molecular weight excluding hydrogens is 350 g/mol. The summed E-state index contributed by atoms with van der Waals surface area (Å²) in [6, 6.07) is 10.0. The summed E-state index contributed by atoms with van der Waals surface area (Å²) in [6.07, 6.45) is 0. The molecule has 1 aliphatic rings. The summed E-state index contributed by atoms with van der Waals surface area (Å²) < 4.78 is 12.3. The van der Waals surface area contributed by atoms with Crippen LogP contribution in [-0.4, -0.2) is 58.0 Å². The van der Waals surface area contributed by atoms with E-state index in [2.05, 4.69) is 42.7 Å². The largest absolute Gasteiger partial charge is 0.357 e. The monoisotopic (exact) mass is 381 g/mol. The third-order valence-corrected chi connectivity index (χ3v) is 7.06. The van der Waals surface area contributed by atoms with Crippen molar-refractivity contribution in [1.29, 1.82) is 0 Å². The second kappa shape index (κ2) is 10.9. The van der Waals surface area contributed by atoms with E-state index < -0.39 is 10.8 Å². The van der Waals surface area contributed by atoms with Gasteiger partial charge in [0, 0.05) is 52.9 Å². The number of benzene rings is 1. The van der Waals surface area contributed by atoms with Crippen LogP contribution in [-0.2, 0) is 16.6 Å². The highest BCUT2D eigenvalue weighted by molar-refractivity contribution is 8.00. The maximum atomic E-state index is 12.3. The van der Waals surface area contributed by atoms with Crippen LogP contribution in [0.5, 0.6) is 0 Å². The average Bonchev–Trinajstić information content (AvgIpc) is 2.62. The second-order valence-corrected chi connectivity index (χ2v) is 9.53. The maximum Gasteiger partial charge on any atom is 0.194 e. The Morgan fingerprint density at radius 1 is 1.40 bits per heavy atom. The van der Waals surface area contributed by atoms with Crippen LogP contribution in [0, 0.1) is 5.92 Å². The zero-order valence-electron chi connectivity index (χ0n) is 15.6. The van der Waals surface area contributed by atoms with E-state index in [1.54, 1.807) is 0 Å². The van der Waals surface area contributed by atoms with Gasteiger partial charge in [0.05, 0.1) is 6.54 Å². The van der Waals surface area contributed by atoms with Crippen molar-refractivity contribution in [3.63, 3.8) is 0 Å². The van der Waals surface area contributed by atoms with Gasteiger partial charge in [0.2, 0.25) is 0 Å². The van der Waals surface area contributed by atoms with E-state index >= 15 is 0 Å². The molecule has 1 aromatic rings. The van der Waals surface area contributed by atoms with E-state index in [1.807, 2.05) is 30.3 Å². The standard InChI is InChI=1S/C19H31N3OS2/c1-4-20-19(22-11-12-24-18(14-22)16(2)3)21-10-13-25(23)15-17-8-6-5-7-9-17/h5-9,16,18H,4,10-15H2,1-3H3,(H,20,21). The molecule has 0 saturated carbocycles. The SMILES string of the molecule is CCNC(=NCCS(=O)Cc1ccccc1)N1CCSC(C(C)C)C1. The molecule has 0 radical (unpaired) electrons. The van der Waals surface area contributed by atoms with Crippen LogP contribution in [0.15, 0.2) is 35.3 Å². The zero-order chi connectivity index (χ0) is 18.1. The first kappa shape index (κ1) is 20.3. The topological polar surface area (TPSA) is 44.7 Å². The highest BCUT2D eigenvalue weighted by Gasteiger charge is 2.24. The molecule has 140 valence electrons. The Hall–Kier alpha value is -1.01. The van der Waals surface area contributed by atoms with Gasteiger partial charge in [-0.05, 0) is 18.4 Å². The number of nitrogens with one attached hydrogen (secondary N) is 1. The highest BCUT2D eigenvalue weighted by atomic mass is 32.2. The van der Waals surface area contributed by atoms with Crippen molar-refractivity contribution in [2.24, 2.45) is 10.9 Å². The normalized spacial score (nSPS) is 19.9. The molecule has 2 rings (SSSR count). The number of thioether (sulfide) groups is 1. The summed E-state index contributed by atoms with van der Waals surface area (Å²) in [7, 11) is -0.868. The van der Waals surface area contributed by atoms with Crippen LogP contribution in [0.2, 0.25) is 0 Å². The molecule has 1 aromatic carbocycles. The Labute approximate surface area is 159 Å². The van der Waals surface area contributed by atoms with Gasteiger partial charge in [-0.1, -0.05) is 44.2 Å². The minimum Gasteiger partial charge on any atom is -0.357 e. The Balaban J connectivity index is 1.87. The van der Waals surface area contributed by atoms with E-state index in [0.717, 1.165) is 36.9 Å². The lowest BCUT2D eigenvalue weighted by molar-refractivity contribution is 0.381. The molecule has 1 saturated heterocycles. The fraction of sp³-hybridized carbons (Fsp3) is 0.632. The third kappa shape index (κ3) is 7.02. The van der Waals surface area contributed by atoms with Crippen LogP contribution >= 0.6 is 11.8 Å². The van der Waals surface area contributed by atoms with Crippen molar-refractivity contribution in [1.82, 2.24) is 10.2 Å². The van der Waals surface area contributed by atoms with E-state index in [0.29, 0.717) is 29.2 Å². The van der Waals surface area contributed by atoms with Crippen LogP contribution in [0.4, 0.5) is 0 Å². The van der Waals surface area contributed by atoms with Gasteiger partial charge in [0.1, 0.15) is 0 Å². The lowest BCUT2D eigenvalue weighted by Gasteiger charge is -2.36. The minimum atomic E-state index is -0.868. The van der Waals surface area contributed by atoms with Gasteiger partial charge < -0.3 is 10.2 Å². The van der Waals surface area contributed by atoms with Crippen molar-refractivity contribution >= 4 is 28.5 Å². The summed E-state index contributed by atoms with van der Waals surface area (Å²) in [5.41, 5.74) is 1.13. The molecule has 0 aromatic heterocycles. The zero-order valence-corrected chi connectivity index (χ0v) is 17.2. The quantitative estimate of drug-likeness (QED) is 0.583. The van der Waals surface area contributed by atoms with E-state index in [-0.39, 0.29) is 0 Å². The van der Waals surface area contributed by atoms with Gasteiger partial charge in [0.15, 0.2) is 5.96 Å². The lowest BCUT2D eigenvalue weighted by atomic mass is 10.1. The molecule has 25 heavy (non-hydrogen) atoms. The molecular formula is C19H31N3OS2. The molecule has 0 spiro atoms. The number of rotatable bonds is 7. The maximum absolute atomic E-state index is 12.3. The summed E-state index contributed by atoms with van der Waals surface area (Å²) >= 11 is 2.07. The summed E-state index contributed by atoms with van der Waals surface area (Å²) in [6.45, 7) is 10.2. The molecule has 1 heterocycles. The van der Waals surface area contributed by atoms with Gasteiger partial charge in [-0.25, -0.2) is 0 Å². The van der Waals surface area contributed by atoms with Crippen molar-refractivity contribution < 1.29 is 4.21 Å². The molecule has 2 atom stereocenters. The molecule has 1 aliphatic heterocycles. The molecule has 0 aliphatic carbocycles. The predicted octanol–water partition coefficient (Wildman–Crippen LogP) is 2.97. The number of nitrogens with zero attached hydrogens (tertiary/aromatic N) is 2. The molecule has 2 unspecified atom stereocenters. The van der Waals surface area contributed by atoms with Crippen molar-refractivity contribution in [2.75, 3.05) is 37.7 Å². The van der Waals surface area contributed by atoms with E-state index in [9.17, 15) is 4.21 Å². The number of hydrogen-bond donors (Lipinski definition) is 1. The van der Waals surface area contributed by atoms with Crippen LogP contribution in [0.25, 0.3) is 0 Å². The lowest BCUT2D eigenvalue weighted by Crippen LogP contribution is -2.49. The van der Waals surface area contributed by atoms with E-state index in [4.69, 9.17) is 4.99 Å². The summed E-state index contributed by atoms with van der Waals surface area (Å²) in [5, 5.41) is 4.06. The van der Waals surface area contributed by atoms with Crippen molar-refractivity contribution in [2.45, 2.75) is 31.8 Å². The van der Waals surface area contributed by atoms with Gasteiger partial charge in [0.25, 0.3) is 0 Å². The highest BCUT2D eigenvalue weighted by Crippen LogP contribution is 2.24. The minimum absolute atomic E-state index is 0.609. The number of aliphatic imine (C=N–C) groups is 1. The first-order chi connectivity index (χ1) is 12.1. The smallest absolute Gasteiger partial charge is 0.194 e. The van der Waals surface area contributed by atoms with Gasteiger partial charge >= 0.3 is 0 Å². The molecule has 0 amide bonds. The fourth-order valence-electron chi connectivity index (χ4n) is 2.78. The first-order valence-electron chi connectivity index (χ1n) is 9.14. The van der Waals surface area contributed by atoms with Crippen LogP contribution in [0.3, 0.4) is 0 Å². The average molecular weight is 382 g/mol. The predicted molar refractivity (Wildman–Crippen MR) is 112 cm³/mol. The molecule has 4 nitrogen and oxygen atoms in total. The summed E-state index contributed by atoms with van der Waals surface area (Å²) in [4.78, 5) is 7.11. The molecule has 0 bridgehead atoms. The number of guanidine groups is 1. The van der Waals surface area contributed by atoms with Gasteiger partial charge in [-0.2, -0.15) is 11.8 Å². The van der Waals surface area contributed by atoms with E-state index in [1.165, 1.54) is 0 Å². The second-order valence-electron chi connectivity index (χ2n) is 6.61. The molecule has 1 N–H and O–H groups in total. The van der Waals surface area contributed by atoms with Crippen LogP contribution < -0.4 is 5.32 Å². The number of hydrogen-bond acceptors (Lipinski definition) is 3. The Morgan fingerprint density at radius 2 is 2.16 bits per heavy atom. The summed E-state index contributed by atoms with van der Waals surface area (Å²) in [5.74, 6) is 4.02. The van der Waals surface area contributed by atoms with Crippen molar-refractivity contribution in [3.05, 3.63) is 35.9 Å². The Morgan fingerprint density at radius 3 is 2.84 bits per heavy atom. The Bertz CT molecular complexity index is 563. The first-order valence-corrected chi connectivity index (χ1v) is 11.7. The third-order valence-electron chi connectivity index (χ3n) is 4.22. The van der Waals surface area contributed by atoms with Gasteiger partial charge in [-0.15, -0.1) is 0 Å². The molecule has 6 heteroatoms. The molecule has 1 fully saturated rings.